The highest BCUT2D eigenvalue weighted by Gasteiger charge is 2.69. The normalized spacial score (nSPS) is 62.5. The zero-order valence-corrected chi connectivity index (χ0v) is 19.7. The molecule has 0 amide bonds. The van der Waals surface area contributed by atoms with E-state index in [-0.39, 0.29) is 11.9 Å². The standard InChI is InChI=1S/C27H44O3/c1-16-7-12-27(29-15-16)17(2)24-23(30-27)14-22-20-6-5-18-13-19(28)8-10-25(18,3)21(20)9-11-26(22,24)4/h16-24,28H,5-15H2,1-4H3/t16-,17-,18?,19+,20?,21?,22?,23?,24?,25-,26-,27+/m0/s1. The molecule has 12 atom stereocenters. The monoisotopic (exact) mass is 416 g/mol. The molecule has 1 spiro atoms. The molecule has 3 nitrogen and oxygen atoms in total. The van der Waals surface area contributed by atoms with Crippen LogP contribution < -0.4 is 0 Å². The summed E-state index contributed by atoms with van der Waals surface area (Å²) in [7, 11) is 0. The molecule has 4 saturated carbocycles. The van der Waals surface area contributed by atoms with Crippen LogP contribution in [0.3, 0.4) is 0 Å². The fourth-order valence-electron chi connectivity index (χ4n) is 10.3. The minimum absolute atomic E-state index is 0.0389. The van der Waals surface area contributed by atoms with Gasteiger partial charge in [0.15, 0.2) is 5.79 Å². The Bertz CT molecular complexity index is 684. The van der Waals surface area contributed by atoms with Crippen molar-refractivity contribution >= 4 is 0 Å². The second-order valence-electron chi connectivity index (χ2n) is 13.1. The van der Waals surface area contributed by atoms with Gasteiger partial charge in [0.1, 0.15) is 0 Å². The lowest BCUT2D eigenvalue weighted by Gasteiger charge is -2.61. The van der Waals surface area contributed by atoms with Crippen LogP contribution in [0, 0.1) is 52.3 Å². The molecule has 2 heterocycles. The highest BCUT2D eigenvalue weighted by atomic mass is 16.7. The zero-order valence-electron chi connectivity index (χ0n) is 19.7. The van der Waals surface area contributed by atoms with Crippen LogP contribution in [0.15, 0.2) is 0 Å². The zero-order chi connectivity index (χ0) is 20.9. The van der Waals surface area contributed by atoms with Crippen molar-refractivity contribution in [2.75, 3.05) is 6.61 Å². The number of aliphatic hydroxyl groups is 1. The van der Waals surface area contributed by atoms with Gasteiger partial charge in [-0.05, 0) is 104 Å². The molecule has 6 rings (SSSR count). The van der Waals surface area contributed by atoms with Crippen molar-refractivity contribution in [1.29, 1.82) is 0 Å². The van der Waals surface area contributed by atoms with Crippen molar-refractivity contribution < 1.29 is 14.6 Å². The molecule has 2 saturated heterocycles. The van der Waals surface area contributed by atoms with Gasteiger partial charge in [0.2, 0.25) is 0 Å². The van der Waals surface area contributed by atoms with E-state index < -0.39 is 0 Å². The topological polar surface area (TPSA) is 38.7 Å². The van der Waals surface area contributed by atoms with Crippen LogP contribution >= 0.6 is 0 Å². The Labute approximate surface area is 183 Å². The van der Waals surface area contributed by atoms with Gasteiger partial charge in [-0.3, -0.25) is 0 Å². The summed E-state index contributed by atoms with van der Waals surface area (Å²) in [6, 6.07) is 0. The van der Waals surface area contributed by atoms with Crippen LogP contribution in [-0.4, -0.2) is 29.7 Å². The molecule has 6 fully saturated rings. The van der Waals surface area contributed by atoms with Crippen LogP contribution in [0.1, 0.15) is 91.9 Å². The Morgan fingerprint density at radius 2 is 1.63 bits per heavy atom. The molecule has 2 aliphatic heterocycles. The number of fused-ring (bicyclic) bond motifs is 7. The van der Waals surface area contributed by atoms with Crippen LogP contribution in [0.5, 0.6) is 0 Å². The maximum atomic E-state index is 10.3. The first-order valence-corrected chi connectivity index (χ1v) is 13.3. The largest absolute Gasteiger partial charge is 0.393 e. The van der Waals surface area contributed by atoms with E-state index >= 15 is 0 Å². The predicted octanol–water partition coefficient (Wildman–Crippen LogP) is 5.79. The minimum Gasteiger partial charge on any atom is -0.393 e. The van der Waals surface area contributed by atoms with Gasteiger partial charge in [-0.15, -0.1) is 0 Å². The summed E-state index contributed by atoms with van der Waals surface area (Å²) < 4.78 is 13.4. The van der Waals surface area contributed by atoms with Gasteiger partial charge in [-0.25, -0.2) is 0 Å². The van der Waals surface area contributed by atoms with Crippen molar-refractivity contribution in [3.63, 3.8) is 0 Å². The Kier molecular flexibility index (Phi) is 4.58. The fraction of sp³-hybridized carbons (Fsp3) is 1.00. The van der Waals surface area contributed by atoms with Gasteiger partial charge in [0, 0.05) is 12.3 Å². The summed E-state index contributed by atoms with van der Waals surface area (Å²) in [4.78, 5) is 0. The van der Waals surface area contributed by atoms with Crippen molar-refractivity contribution in [2.24, 2.45) is 52.3 Å². The SMILES string of the molecule is C[C@H]1CC[C@@]2(OC1)OC1CC3C4CCC5C[C@H](O)CC[C@]5(C)C4CC[C@]3(C)C1[C@@H]2C. The van der Waals surface area contributed by atoms with Crippen molar-refractivity contribution in [3.05, 3.63) is 0 Å². The molecule has 0 aromatic carbocycles. The molecule has 1 N–H and O–H groups in total. The second-order valence-corrected chi connectivity index (χ2v) is 13.1. The number of rotatable bonds is 0. The number of hydrogen-bond donors (Lipinski definition) is 1. The third-order valence-electron chi connectivity index (χ3n) is 11.9. The smallest absolute Gasteiger partial charge is 0.171 e. The lowest BCUT2D eigenvalue weighted by atomic mass is 9.44. The Morgan fingerprint density at radius 1 is 0.833 bits per heavy atom. The van der Waals surface area contributed by atoms with Crippen LogP contribution in [0.2, 0.25) is 0 Å². The van der Waals surface area contributed by atoms with E-state index in [2.05, 4.69) is 27.7 Å². The molecule has 170 valence electrons. The van der Waals surface area contributed by atoms with E-state index in [1.54, 1.807) is 0 Å². The van der Waals surface area contributed by atoms with E-state index in [0.717, 1.165) is 49.5 Å². The van der Waals surface area contributed by atoms with Gasteiger partial charge in [0.25, 0.3) is 0 Å². The highest BCUT2D eigenvalue weighted by molar-refractivity contribution is 5.15. The summed E-state index contributed by atoms with van der Waals surface area (Å²) in [5, 5.41) is 10.3. The number of hydrogen-bond acceptors (Lipinski definition) is 3. The highest BCUT2D eigenvalue weighted by Crippen LogP contribution is 2.71. The van der Waals surface area contributed by atoms with Crippen LogP contribution in [0.4, 0.5) is 0 Å². The summed E-state index contributed by atoms with van der Waals surface area (Å²) >= 11 is 0. The van der Waals surface area contributed by atoms with E-state index in [4.69, 9.17) is 9.47 Å². The van der Waals surface area contributed by atoms with Gasteiger partial charge < -0.3 is 14.6 Å². The summed E-state index contributed by atoms with van der Waals surface area (Å²) in [5.41, 5.74) is 0.899. The Hall–Kier alpha value is -0.120. The number of ether oxygens (including phenoxy) is 2. The first-order valence-electron chi connectivity index (χ1n) is 13.3. The lowest BCUT2D eigenvalue weighted by molar-refractivity contribution is -0.273. The van der Waals surface area contributed by atoms with Crippen LogP contribution in [0.25, 0.3) is 0 Å². The minimum atomic E-state index is -0.282. The molecule has 0 bridgehead atoms. The quantitative estimate of drug-likeness (QED) is 0.543. The number of aliphatic hydroxyl groups excluding tert-OH is 1. The first kappa shape index (κ1) is 20.5. The van der Waals surface area contributed by atoms with Crippen molar-refractivity contribution in [2.45, 2.75) is 110 Å². The second kappa shape index (κ2) is 6.70. The van der Waals surface area contributed by atoms with Gasteiger partial charge >= 0.3 is 0 Å². The van der Waals surface area contributed by atoms with E-state index in [0.29, 0.717) is 34.7 Å². The van der Waals surface area contributed by atoms with Gasteiger partial charge in [0.05, 0.1) is 18.8 Å². The molecule has 3 heteroatoms. The molecule has 4 aliphatic carbocycles. The molecule has 0 aromatic rings. The predicted molar refractivity (Wildman–Crippen MR) is 118 cm³/mol. The molecule has 0 aromatic heterocycles. The van der Waals surface area contributed by atoms with E-state index in [1.165, 1.54) is 44.9 Å². The average molecular weight is 417 g/mol. The molecule has 30 heavy (non-hydrogen) atoms. The van der Waals surface area contributed by atoms with Crippen LogP contribution in [-0.2, 0) is 9.47 Å². The maximum Gasteiger partial charge on any atom is 0.171 e. The molecule has 6 unspecified atom stereocenters. The third-order valence-corrected chi connectivity index (χ3v) is 11.9. The summed E-state index contributed by atoms with van der Waals surface area (Å²) in [6.45, 7) is 10.9. The Balaban J connectivity index is 1.26. The van der Waals surface area contributed by atoms with E-state index in [1.807, 2.05) is 0 Å². The summed E-state index contributed by atoms with van der Waals surface area (Å²) in [5.74, 6) is 4.93. The molecular weight excluding hydrogens is 372 g/mol. The lowest BCUT2D eigenvalue weighted by Crippen LogP contribution is -2.55. The summed E-state index contributed by atoms with van der Waals surface area (Å²) in [6.07, 6.45) is 12.9. The molecule has 6 aliphatic rings. The average Bonchev–Trinajstić information content (AvgIpc) is 3.16. The molecular formula is C27H44O3. The molecule has 0 radical (unpaired) electrons. The van der Waals surface area contributed by atoms with Crippen molar-refractivity contribution in [3.8, 4) is 0 Å². The van der Waals surface area contributed by atoms with Crippen molar-refractivity contribution in [1.82, 2.24) is 0 Å². The first-order chi connectivity index (χ1) is 14.3. The van der Waals surface area contributed by atoms with Gasteiger partial charge in [-0.1, -0.05) is 27.7 Å². The van der Waals surface area contributed by atoms with E-state index in [9.17, 15) is 5.11 Å². The fourth-order valence-corrected chi connectivity index (χ4v) is 10.3. The third kappa shape index (κ3) is 2.61. The Morgan fingerprint density at radius 3 is 2.40 bits per heavy atom. The van der Waals surface area contributed by atoms with Gasteiger partial charge in [-0.2, -0.15) is 0 Å². The maximum absolute atomic E-state index is 10.3.